The van der Waals surface area contributed by atoms with Gasteiger partial charge in [0.05, 0.1) is 6.61 Å². The molecule has 0 saturated carbocycles. The Morgan fingerprint density at radius 3 is 2.82 bits per heavy atom. The van der Waals surface area contributed by atoms with Crippen molar-refractivity contribution >= 4 is 5.95 Å². The predicted molar refractivity (Wildman–Crippen MR) is 37.2 cm³/mol. The summed E-state index contributed by atoms with van der Waals surface area (Å²) in [6.07, 6.45) is 0. The second kappa shape index (κ2) is 3.89. The second-order valence-corrected chi connectivity index (χ2v) is 1.83. The number of hydrogen-bond acceptors (Lipinski definition) is 5. The van der Waals surface area contributed by atoms with E-state index in [1.54, 1.807) is 0 Å². The average molecular weight is 158 g/mol. The van der Waals surface area contributed by atoms with E-state index in [2.05, 4.69) is 20.1 Å². The summed E-state index contributed by atoms with van der Waals surface area (Å²) in [6.45, 7) is 2.57. The molecule has 11 heavy (non-hydrogen) atoms. The van der Waals surface area contributed by atoms with Crippen molar-refractivity contribution in [2.24, 2.45) is 0 Å². The van der Waals surface area contributed by atoms with Gasteiger partial charge in [-0.1, -0.05) is 0 Å². The number of nitrogens with zero attached hydrogens (tertiary/aromatic N) is 2. The van der Waals surface area contributed by atoms with Gasteiger partial charge < -0.3 is 10.7 Å². The van der Waals surface area contributed by atoms with Crippen LogP contribution in [0.3, 0.4) is 0 Å². The Morgan fingerprint density at radius 2 is 2.27 bits per heavy atom. The van der Waals surface area contributed by atoms with Crippen LogP contribution in [0.2, 0.25) is 0 Å². The maximum absolute atomic E-state index is 5.26. The van der Waals surface area contributed by atoms with Crippen LogP contribution in [0, 0.1) is 0 Å². The molecule has 3 N–H and O–H groups in total. The maximum Gasteiger partial charge on any atom is 0.219 e. The van der Waals surface area contributed by atoms with Crippen LogP contribution in [-0.2, 0) is 16.4 Å². The van der Waals surface area contributed by atoms with E-state index >= 15 is 0 Å². The summed E-state index contributed by atoms with van der Waals surface area (Å²) in [6, 6.07) is 0. The van der Waals surface area contributed by atoms with Crippen molar-refractivity contribution in [3.8, 4) is 0 Å². The summed E-state index contributed by atoms with van der Waals surface area (Å²) >= 11 is 0. The fourth-order valence-corrected chi connectivity index (χ4v) is 0.558. The van der Waals surface area contributed by atoms with Crippen LogP contribution in [0.1, 0.15) is 12.7 Å². The third kappa shape index (κ3) is 2.52. The van der Waals surface area contributed by atoms with Gasteiger partial charge >= 0.3 is 0 Å². The van der Waals surface area contributed by atoms with Gasteiger partial charge in [0.15, 0.2) is 5.82 Å². The topological polar surface area (TPSA) is 86.1 Å². The van der Waals surface area contributed by atoms with Crippen LogP contribution < -0.4 is 5.73 Å². The molecule has 62 valence electrons. The first kappa shape index (κ1) is 7.96. The molecule has 0 unspecified atom stereocenters. The molecule has 0 bridgehead atoms. The molecule has 0 aliphatic rings. The lowest BCUT2D eigenvalue weighted by atomic mass is 10.7. The number of nitrogens with one attached hydrogen (secondary N) is 1. The zero-order valence-electron chi connectivity index (χ0n) is 6.20. The fourth-order valence-electron chi connectivity index (χ4n) is 0.558. The minimum absolute atomic E-state index is 0.234. The second-order valence-electron chi connectivity index (χ2n) is 1.83. The number of anilines is 1. The highest BCUT2D eigenvalue weighted by Gasteiger charge is 1.98. The van der Waals surface area contributed by atoms with Crippen molar-refractivity contribution < 1.29 is 9.78 Å². The number of aromatic nitrogens is 3. The molecule has 0 saturated heterocycles. The zero-order valence-corrected chi connectivity index (χ0v) is 6.20. The van der Waals surface area contributed by atoms with Crippen molar-refractivity contribution in [1.29, 1.82) is 0 Å². The van der Waals surface area contributed by atoms with Gasteiger partial charge in [-0.3, -0.25) is 0 Å². The molecule has 1 aromatic rings. The van der Waals surface area contributed by atoms with Crippen molar-refractivity contribution in [2.45, 2.75) is 13.5 Å². The molecule has 1 aromatic heterocycles. The molecule has 0 atom stereocenters. The molecular formula is C5H10N4O2. The zero-order chi connectivity index (χ0) is 8.10. The van der Waals surface area contributed by atoms with E-state index in [1.807, 2.05) is 6.92 Å². The number of rotatable bonds is 4. The van der Waals surface area contributed by atoms with E-state index in [1.165, 1.54) is 0 Å². The lowest BCUT2D eigenvalue weighted by molar-refractivity contribution is -0.301. The molecule has 0 aliphatic heterocycles. The van der Waals surface area contributed by atoms with Crippen molar-refractivity contribution in [3.05, 3.63) is 5.82 Å². The number of hydrogen-bond donors (Lipinski definition) is 2. The highest BCUT2D eigenvalue weighted by atomic mass is 17.2. The number of H-pyrrole nitrogens is 1. The highest BCUT2D eigenvalue weighted by Crippen LogP contribution is 1.95. The van der Waals surface area contributed by atoms with E-state index < -0.39 is 0 Å². The van der Waals surface area contributed by atoms with Crippen LogP contribution >= 0.6 is 0 Å². The van der Waals surface area contributed by atoms with Crippen molar-refractivity contribution in [2.75, 3.05) is 12.3 Å². The molecule has 1 rings (SSSR count). The molecule has 0 fully saturated rings. The Bertz CT molecular complexity index is 212. The van der Waals surface area contributed by atoms with Crippen LogP contribution in [0.25, 0.3) is 0 Å². The number of aromatic amines is 1. The standard InChI is InChI=1S/C5H10N4O2/c1-2-10-11-3-4-7-5(6)9-8-4/h2-3H2,1H3,(H3,6,7,8,9). The Hall–Kier alpha value is -1.14. The van der Waals surface area contributed by atoms with E-state index in [-0.39, 0.29) is 12.6 Å². The van der Waals surface area contributed by atoms with Gasteiger partial charge in [-0.05, 0) is 6.92 Å². The number of nitrogen functional groups attached to an aromatic ring is 1. The van der Waals surface area contributed by atoms with Gasteiger partial charge in [0.1, 0.15) is 6.61 Å². The lowest BCUT2D eigenvalue weighted by Gasteiger charge is -1.96. The largest absolute Gasteiger partial charge is 0.368 e. The van der Waals surface area contributed by atoms with E-state index in [4.69, 9.17) is 10.6 Å². The molecular weight excluding hydrogens is 148 g/mol. The highest BCUT2D eigenvalue weighted by molar-refractivity contribution is 5.11. The first-order valence-corrected chi connectivity index (χ1v) is 3.24. The minimum atomic E-state index is 0.234. The Balaban J connectivity index is 2.27. The summed E-state index contributed by atoms with van der Waals surface area (Å²) in [5.74, 6) is 0.830. The molecule has 6 nitrogen and oxygen atoms in total. The van der Waals surface area contributed by atoms with Gasteiger partial charge in [-0.2, -0.15) is 0 Å². The Morgan fingerprint density at radius 1 is 1.45 bits per heavy atom. The molecule has 6 heteroatoms. The Kier molecular flexibility index (Phi) is 2.82. The summed E-state index contributed by atoms with van der Waals surface area (Å²) in [5, 5.41) is 7.18. The Labute approximate surface area is 63.6 Å². The van der Waals surface area contributed by atoms with E-state index in [0.29, 0.717) is 12.4 Å². The smallest absolute Gasteiger partial charge is 0.219 e. The lowest BCUT2D eigenvalue weighted by Crippen LogP contribution is -1.96. The molecule has 1 heterocycles. The third-order valence-corrected chi connectivity index (χ3v) is 0.948. The van der Waals surface area contributed by atoms with Crippen LogP contribution in [0.4, 0.5) is 5.95 Å². The molecule has 0 radical (unpaired) electrons. The summed E-state index contributed by atoms with van der Waals surface area (Å²) < 4.78 is 0. The van der Waals surface area contributed by atoms with Gasteiger partial charge in [-0.25, -0.2) is 9.78 Å². The molecule has 0 spiro atoms. The van der Waals surface area contributed by atoms with Crippen LogP contribution in [0.5, 0.6) is 0 Å². The minimum Gasteiger partial charge on any atom is -0.368 e. The van der Waals surface area contributed by atoms with Gasteiger partial charge in [0.25, 0.3) is 0 Å². The maximum atomic E-state index is 5.26. The third-order valence-electron chi connectivity index (χ3n) is 0.948. The first-order valence-electron chi connectivity index (χ1n) is 3.24. The summed E-state index contributed by atoms with van der Waals surface area (Å²) in [4.78, 5) is 12.0. The SMILES string of the molecule is CCOOCc1nnc(N)[nH]1. The van der Waals surface area contributed by atoms with Gasteiger partial charge in [0, 0.05) is 0 Å². The monoisotopic (exact) mass is 158 g/mol. The molecule has 0 aliphatic carbocycles. The van der Waals surface area contributed by atoms with Gasteiger partial charge in [0.2, 0.25) is 5.95 Å². The quantitative estimate of drug-likeness (QED) is 0.361. The van der Waals surface area contributed by atoms with Crippen LogP contribution in [0.15, 0.2) is 0 Å². The summed E-state index contributed by atoms with van der Waals surface area (Å²) in [5.41, 5.74) is 5.26. The molecule has 0 aromatic carbocycles. The predicted octanol–water partition coefficient (Wildman–Crippen LogP) is -0.145. The van der Waals surface area contributed by atoms with E-state index in [9.17, 15) is 0 Å². The van der Waals surface area contributed by atoms with Crippen molar-refractivity contribution in [1.82, 2.24) is 15.2 Å². The van der Waals surface area contributed by atoms with Gasteiger partial charge in [-0.15, -0.1) is 10.2 Å². The van der Waals surface area contributed by atoms with Crippen LogP contribution in [-0.4, -0.2) is 21.8 Å². The molecule has 0 amide bonds. The fraction of sp³-hybridized carbons (Fsp3) is 0.600. The average Bonchev–Trinajstić information content (AvgIpc) is 2.37. The normalized spacial score (nSPS) is 10.3. The number of nitrogens with two attached hydrogens (primary N) is 1. The van der Waals surface area contributed by atoms with Crippen molar-refractivity contribution in [3.63, 3.8) is 0 Å². The van der Waals surface area contributed by atoms with E-state index in [0.717, 1.165) is 0 Å². The first-order chi connectivity index (χ1) is 5.33. The summed E-state index contributed by atoms with van der Waals surface area (Å²) in [7, 11) is 0.